The number of likely N-dealkylation sites (N-methyl/N-ethyl adjacent to an activating group) is 1. The van der Waals surface area contributed by atoms with Crippen molar-refractivity contribution in [3.8, 4) is 0 Å². The van der Waals surface area contributed by atoms with E-state index in [1.54, 1.807) is 22.9 Å². The van der Waals surface area contributed by atoms with Gasteiger partial charge in [-0.25, -0.2) is 0 Å². The summed E-state index contributed by atoms with van der Waals surface area (Å²) >= 11 is 7.23. The lowest BCUT2D eigenvalue weighted by Gasteiger charge is -2.19. The summed E-state index contributed by atoms with van der Waals surface area (Å²) in [5.74, 6) is 0.226. The molecule has 5 rings (SSSR count). The highest BCUT2D eigenvalue weighted by Gasteiger charge is 2.22. The molecule has 10 heteroatoms. The molecule has 0 aliphatic heterocycles. The van der Waals surface area contributed by atoms with E-state index in [4.69, 9.17) is 16.0 Å². The van der Waals surface area contributed by atoms with Crippen molar-refractivity contribution in [2.75, 3.05) is 13.6 Å². The molecule has 0 aliphatic carbocycles. The summed E-state index contributed by atoms with van der Waals surface area (Å²) in [6, 6.07) is 16.6. The minimum Gasteiger partial charge on any atom is -0.458 e. The van der Waals surface area contributed by atoms with Crippen LogP contribution in [0.25, 0.3) is 21.2 Å². The number of carbonyl (C=O) groups is 1. The second-order valence-corrected chi connectivity index (χ2v) is 11.5. The molecule has 1 unspecified atom stereocenters. The lowest BCUT2D eigenvalue weighted by atomic mass is 10.1. The van der Waals surface area contributed by atoms with Crippen LogP contribution in [-0.2, 0) is 38.0 Å². The second kappa shape index (κ2) is 12.0. The highest BCUT2D eigenvalue weighted by Crippen LogP contribution is 2.31. The normalized spacial score (nSPS) is 12.4. The second-order valence-electron chi connectivity index (χ2n) is 9.91. The van der Waals surface area contributed by atoms with Crippen LogP contribution >= 0.6 is 22.9 Å². The molecule has 3 N–H and O–H groups in total. The Morgan fingerprint density at radius 1 is 1.20 bits per heavy atom. The number of aliphatic hydroxyl groups is 2. The van der Waals surface area contributed by atoms with Crippen LogP contribution in [0.15, 0.2) is 70.0 Å². The van der Waals surface area contributed by atoms with Crippen molar-refractivity contribution in [2.45, 2.75) is 32.2 Å². The Labute approximate surface area is 240 Å². The molecule has 0 saturated heterocycles. The number of aryl methyl sites for hydroxylation is 1. The van der Waals surface area contributed by atoms with Crippen LogP contribution in [0.1, 0.15) is 33.4 Å². The Kier molecular flexibility index (Phi) is 8.39. The molecule has 0 fully saturated rings. The van der Waals surface area contributed by atoms with Gasteiger partial charge in [0.2, 0.25) is 11.3 Å². The van der Waals surface area contributed by atoms with Crippen molar-refractivity contribution in [1.82, 2.24) is 14.8 Å². The highest BCUT2D eigenvalue weighted by molar-refractivity contribution is 7.19. The number of amides is 1. The first kappa shape index (κ1) is 28.1. The van der Waals surface area contributed by atoms with Crippen LogP contribution in [0.2, 0.25) is 5.02 Å². The number of hydrogen-bond donors (Lipinski definition) is 3. The third-order valence-corrected chi connectivity index (χ3v) is 8.30. The quantitative estimate of drug-likeness (QED) is 0.225. The number of fused-ring (bicyclic) bond motifs is 2. The maximum Gasteiger partial charge on any atom is 0.224 e. The van der Waals surface area contributed by atoms with Gasteiger partial charge in [-0.3, -0.25) is 14.5 Å². The summed E-state index contributed by atoms with van der Waals surface area (Å²) in [6.45, 7) is 0.823. The largest absolute Gasteiger partial charge is 0.458 e. The molecule has 0 bridgehead atoms. The summed E-state index contributed by atoms with van der Waals surface area (Å²) in [6.07, 6.45) is 0.771. The first-order valence-corrected chi connectivity index (χ1v) is 14.0. The molecule has 0 spiro atoms. The van der Waals surface area contributed by atoms with Gasteiger partial charge >= 0.3 is 0 Å². The van der Waals surface area contributed by atoms with Crippen LogP contribution in [0.3, 0.4) is 0 Å². The average molecular weight is 580 g/mol. The summed E-state index contributed by atoms with van der Waals surface area (Å²) in [4.78, 5) is 28.8. The van der Waals surface area contributed by atoms with Crippen LogP contribution in [0, 0.1) is 0 Å². The van der Waals surface area contributed by atoms with Gasteiger partial charge < -0.3 is 24.5 Å². The first-order chi connectivity index (χ1) is 19.2. The zero-order valence-electron chi connectivity index (χ0n) is 22.2. The minimum absolute atomic E-state index is 0.0541. The fourth-order valence-electron chi connectivity index (χ4n) is 4.85. The number of carbonyl (C=O) groups excluding carboxylic acids is 1. The summed E-state index contributed by atoms with van der Waals surface area (Å²) in [5.41, 5.74) is 3.12. The molecule has 0 saturated carbocycles. The van der Waals surface area contributed by atoms with E-state index in [-0.39, 0.29) is 24.4 Å². The van der Waals surface area contributed by atoms with Crippen LogP contribution < -0.4 is 10.7 Å². The van der Waals surface area contributed by atoms with Gasteiger partial charge in [0, 0.05) is 59.3 Å². The average Bonchev–Trinajstić information content (AvgIpc) is 3.53. The van der Waals surface area contributed by atoms with Gasteiger partial charge in [-0.15, -0.1) is 11.3 Å². The number of aliphatic hydroxyl groups excluding tert-OH is 2. The number of rotatable bonds is 10. The van der Waals surface area contributed by atoms with Gasteiger partial charge in [-0.05, 0) is 36.9 Å². The van der Waals surface area contributed by atoms with Gasteiger partial charge in [-0.2, -0.15) is 0 Å². The predicted molar refractivity (Wildman–Crippen MR) is 157 cm³/mol. The summed E-state index contributed by atoms with van der Waals surface area (Å²) in [7, 11) is 3.67. The fourth-order valence-corrected chi connectivity index (χ4v) is 6.38. The number of benzene rings is 2. The van der Waals surface area contributed by atoms with Gasteiger partial charge in [0.15, 0.2) is 0 Å². The zero-order chi connectivity index (χ0) is 28.4. The number of halogens is 1. The van der Waals surface area contributed by atoms with Crippen molar-refractivity contribution in [3.05, 3.63) is 103 Å². The molecule has 1 amide bonds. The standard InChI is InChI=1S/C30H30ClN3O5S/c1-33(15-23(36)25-11-19-5-3-4-6-24(19)39-25)16-26-22(17-35)28-30(40-26)29(38)20(14-34(28)2)12-27(37)32-13-18-7-9-21(31)10-8-18/h3-11,14,23,35-36H,12-13,15-17H2,1-2H3,(H,32,37). The lowest BCUT2D eigenvalue weighted by Crippen LogP contribution is -2.27. The molecule has 0 aliphatic rings. The monoisotopic (exact) mass is 579 g/mol. The van der Waals surface area contributed by atoms with E-state index in [1.807, 2.05) is 61.5 Å². The van der Waals surface area contributed by atoms with Crippen LogP contribution in [0.5, 0.6) is 0 Å². The summed E-state index contributed by atoms with van der Waals surface area (Å²) < 4.78 is 8.10. The number of hydrogen-bond acceptors (Lipinski definition) is 7. The molecule has 208 valence electrons. The zero-order valence-corrected chi connectivity index (χ0v) is 23.8. The molecular formula is C30H30ClN3O5S. The van der Waals surface area contributed by atoms with Crippen molar-refractivity contribution in [3.63, 3.8) is 0 Å². The molecule has 2 aromatic carbocycles. The van der Waals surface area contributed by atoms with E-state index < -0.39 is 6.10 Å². The van der Waals surface area contributed by atoms with E-state index >= 15 is 0 Å². The van der Waals surface area contributed by atoms with Gasteiger partial charge in [0.05, 0.1) is 23.2 Å². The topological polar surface area (TPSA) is 108 Å². The van der Waals surface area contributed by atoms with E-state index in [1.165, 1.54) is 11.3 Å². The molecular weight excluding hydrogens is 550 g/mol. The smallest absolute Gasteiger partial charge is 0.224 e. The predicted octanol–water partition coefficient (Wildman–Crippen LogP) is 4.52. The number of para-hydroxylation sites is 1. The Morgan fingerprint density at radius 3 is 2.67 bits per heavy atom. The number of pyridine rings is 1. The van der Waals surface area contributed by atoms with Crippen LogP contribution in [0.4, 0.5) is 0 Å². The molecule has 3 heterocycles. The Morgan fingerprint density at radius 2 is 1.95 bits per heavy atom. The van der Waals surface area contributed by atoms with Gasteiger partial charge in [0.1, 0.15) is 17.4 Å². The maximum atomic E-state index is 13.4. The highest BCUT2D eigenvalue weighted by atomic mass is 35.5. The molecule has 3 aromatic heterocycles. The van der Waals surface area contributed by atoms with E-state index in [0.717, 1.165) is 21.4 Å². The maximum absolute atomic E-state index is 13.4. The minimum atomic E-state index is -0.839. The first-order valence-electron chi connectivity index (χ1n) is 12.8. The van der Waals surface area contributed by atoms with Crippen molar-refractivity contribution in [2.24, 2.45) is 7.05 Å². The van der Waals surface area contributed by atoms with E-state index in [2.05, 4.69) is 5.32 Å². The molecule has 40 heavy (non-hydrogen) atoms. The molecule has 1 atom stereocenters. The van der Waals surface area contributed by atoms with Gasteiger partial charge in [0.25, 0.3) is 0 Å². The Balaban J connectivity index is 1.31. The number of aromatic nitrogens is 1. The molecule has 5 aromatic rings. The number of nitrogens with zero attached hydrogens (tertiary/aromatic N) is 2. The summed E-state index contributed by atoms with van der Waals surface area (Å²) in [5, 5.41) is 25.4. The third kappa shape index (κ3) is 5.99. The van der Waals surface area contributed by atoms with Crippen molar-refractivity contribution >= 4 is 50.0 Å². The van der Waals surface area contributed by atoms with E-state index in [0.29, 0.717) is 51.8 Å². The number of furan rings is 1. The SMILES string of the molecule is CN(Cc1sc2c(=O)c(CC(=O)NCc3ccc(Cl)cc3)cn(C)c2c1CO)CC(O)c1cc2ccccc2o1. The molecule has 8 nitrogen and oxygen atoms in total. The van der Waals surface area contributed by atoms with E-state index in [9.17, 15) is 19.8 Å². The lowest BCUT2D eigenvalue weighted by molar-refractivity contribution is -0.120. The van der Waals surface area contributed by atoms with Gasteiger partial charge in [-0.1, -0.05) is 41.9 Å². The fraction of sp³-hybridized carbons (Fsp3) is 0.267. The van der Waals surface area contributed by atoms with Crippen molar-refractivity contribution < 1.29 is 19.4 Å². The number of thiophene rings is 1. The number of nitrogens with one attached hydrogen (secondary N) is 1. The third-order valence-electron chi connectivity index (χ3n) is 6.85. The Hall–Kier alpha value is -3.47. The van der Waals surface area contributed by atoms with Crippen molar-refractivity contribution in [1.29, 1.82) is 0 Å². The molecule has 0 radical (unpaired) electrons. The Bertz CT molecular complexity index is 1690. The van der Waals surface area contributed by atoms with Crippen LogP contribution in [-0.4, -0.2) is 39.2 Å².